The Labute approximate surface area is 523 Å². The van der Waals surface area contributed by atoms with Crippen LogP contribution in [0.25, 0.3) is 0 Å². The van der Waals surface area contributed by atoms with E-state index in [-0.39, 0.29) is 38.2 Å². The second-order valence-electron chi connectivity index (χ2n) is 27.3. The normalized spacial score (nSPS) is 12.5. The highest BCUT2D eigenvalue weighted by molar-refractivity contribution is 5.71. The van der Waals surface area contributed by atoms with Gasteiger partial charge in [-0.15, -0.1) is 0 Å². The molecule has 0 aliphatic heterocycles. The van der Waals surface area contributed by atoms with Gasteiger partial charge >= 0.3 is 17.9 Å². The van der Waals surface area contributed by atoms with Crippen molar-refractivity contribution in [3.63, 3.8) is 0 Å². The molecule has 0 rings (SSSR count). The highest BCUT2D eigenvalue weighted by atomic mass is 16.7. The fourth-order valence-corrected chi connectivity index (χ4v) is 11.8. The number of carboxylic acids is 1. The summed E-state index contributed by atoms with van der Waals surface area (Å²) < 4.78 is 23.0. The van der Waals surface area contributed by atoms with E-state index in [1.54, 1.807) is 0 Å². The molecule has 0 fully saturated rings. The number of esters is 2. The first-order valence-corrected chi connectivity index (χ1v) is 37.7. The van der Waals surface area contributed by atoms with E-state index in [4.69, 9.17) is 18.9 Å². The SMILES string of the molecule is CCCCCCCCCCCCCCCCCCCCCCCCCCCCCCCCCCCCC(=O)OC(COC(=O)CCCCCCCCCCCCCCCCCCCCCCCCCCC)COC(OCC[N+](C)(C)C)C(=O)O. The summed E-state index contributed by atoms with van der Waals surface area (Å²) in [5.74, 6) is -1.96. The Morgan fingerprint density at radius 2 is 0.536 bits per heavy atom. The molecule has 2 unspecified atom stereocenters. The van der Waals surface area contributed by atoms with Gasteiger partial charge in [0.2, 0.25) is 0 Å². The summed E-state index contributed by atoms with van der Waals surface area (Å²) in [7, 11) is 6.00. The Balaban J connectivity index is 3.98. The Hall–Kier alpha value is -1.71. The molecular weight excluding hydrogens is 1040 g/mol. The maximum absolute atomic E-state index is 13.0. The molecule has 0 aromatic heterocycles. The number of likely N-dealkylation sites (N-methyl/N-ethyl adjacent to an activating group) is 1. The van der Waals surface area contributed by atoms with Crippen molar-refractivity contribution >= 4 is 17.9 Å². The molecule has 1 N–H and O–H groups in total. The monoisotopic (exact) mass is 1190 g/mol. The van der Waals surface area contributed by atoms with Crippen LogP contribution in [0, 0.1) is 0 Å². The minimum Gasteiger partial charge on any atom is -0.477 e. The average molecular weight is 1190 g/mol. The van der Waals surface area contributed by atoms with Gasteiger partial charge in [-0.1, -0.05) is 380 Å². The molecule has 0 aromatic carbocycles. The van der Waals surface area contributed by atoms with Gasteiger partial charge in [0, 0.05) is 12.8 Å². The number of unbranched alkanes of at least 4 members (excludes halogenated alkanes) is 57. The zero-order chi connectivity index (χ0) is 61.2. The number of nitrogens with zero attached hydrogens (tertiary/aromatic N) is 1. The molecule has 0 aliphatic carbocycles. The zero-order valence-electron chi connectivity index (χ0n) is 57.4. The summed E-state index contributed by atoms with van der Waals surface area (Å²) in [6, 6.07) is 0. The third-order valence-electron chi connectivity index (χ3n) is 17.6. The third-order valence-corrected chi connectivity index (χ3v) is 17.6. The molecule has 0 aromatic rings. The number of aliphatic carboxylic acids is 1. The first-order chi connectivity index (χ1) is 41.1. The topological polar surface area (TPSA) is 108 Å². The quantitative estimate of drug-likeness (QED) is 0.0278. The van der Waals surface area contributed by atoms with E-state index in [1.165, 1.54) is 340 Å². The van der Waals surface area contributed by atoms with Gasteiger partial charge in [-0.3, -0.25) is 9.59 Å². The number of rotatable bonds is 72. The predicted octanol–water partition coefficient (Wildman–Crippen LogP) is 23.4. The highest BCUT2D eigenvalue weighted by Gasteiger charge is 2.25. The van der Waals surface area contributed by atoms with Gasteiger partial charge in [0.1, 0.15) is 13.2 Å². The first kappa shape index (κ1) is 82.3. The van der Waals surface area contributed by atoms with Crippen LogP contribution in [0.2, 0.25) is 0 Å². The Morgan fingerprint density at radius 1 is 0.310 bits per heavy atom. The van der Waals surface area contributed by atoms with E-state index in [0.29, 0.717) is 17.4 Å². The lowest BCUT2D eigenvalue weighted by atomic mass is 10.0. The van der Waals surface area contributed by atoms with Crippen molar-refractivity contribution < 1.29 is 42.9 Å². The summed E-state index contributed by atoms with van der Waals surface area (Å²) in [6.07, 6.45) is 78.2. The predicted molar refractivity (Wildman–Crippen MR) is 360 cm³/mol. The Bertz CT molecular complexity index is 1340. The van der Waals surface area contributed by atoms with Crippen LogP contribution >= 0.6 is 0 Å². The van der Waals surface area contributed by atoms with Crippen LogP contribution in [0.15, 0.2) is 0 Å². The van der Waals surface area contributed by atoms with E-state index in [0.717, 1.165) is 38.5 Å². The van der Waals surface area contributed by atoms with Crippen LogP contribution < -0.4 is 0 Å². The standard InChI is InChI=1S/C75H147NO8/c1-6-8-10-12-14-16-18-20-22-24-26-28-30-32-33-34-35-36-37-38-39-40-42-44-46-48-50-52-54-56-58-60-62-64-66-73(78)84-71(70-83-75(74(79)80)81-68-67-76(3,4)5)69-82-72(77)65-63-61-59-57-55-53-51-49-47-45-43-41-31-29-27-25-23-21-19-17-15-13-11-9-7-2/h71,75H,6-70H2,1-5H3/p+1. The van der Waals surface area contributed by atoms with Gasteiger partial charge in [0.25, 0.3) is 6.29 Å². The maximum Gasteiger partial charge on any atom is 0.361 e. The lowest BCUT2D eigenvalue weighted by molar-refractivity contribution is -0.870. The van der Waals surface area contributed by atoms with E-state index < -0.39 is 18.4 Å². The largest absolute Gasteiger partial charge is 0.477 e. The molecule has 0 amide bonds. The van der Waals surface area contributed by atoms with Crippen LogP contribution in [0.5, 0.6) is 0 Å². The van der Waals surface area contributed by atoms with E-state index in [2.05, 4.69) is 13.8 Å². The van der Waals surface area contributed by atoms with Crippen molar-refractivity contribution in [1.82, 2.24) is 0 Å². The minimum absolute atomic E-state index is 0.172. The number of carboxylic acid groups (broad SMARTS) is 1. The summed E-state index contributed by atoms with van der Waals surface area (Å²) in [5, 5.41) is 9.75. The number of quaternary nitrogens is 1. The van der Waals surface area contributed by atoms with E-state index in [9.17, 15) is 19.5 Å². The molecule has 0 aliphatic rings. The van der Waals surface area contributed by atoms with Crippen molar-refractivity contribution in [2.45, 2.75) is 418 Å². The van der Waals surface area contributed by atoms with Crippen LogP contribution in [0.4, 0.5) is 0 Å². The number of carbonyl (C=O) groups is 3. The highest BCUT2D eigenvalue weighted by Crippen LogP contribution is 2.20. The maximum atomic E-state index is 13.0. The van der Waals surface area contributed by atoms with Crippen LogP contribution in [0.1, 0.15) is 406 Å². The van der Waals surface area contributed by atoms with Gasteiger partial charge in [-0.05, 0) is 12.8 Å². The summed E-state index contributed by atoms with van der Waals surface area (Å²) >= 11 is 0. The molecule has 0 bridgehead atoms. The molecular formula is C75H148NO8+. The van der Waals surface area contributed by atoms with Crippen LogP contribution in [-0.4, -0.2) is 87.4 Å². The Kier molecular flexibility index (Phi) is 65.9. The second kappa shape index (κ2) is 67.2. The molecule has 2 atom stereocenters. The van der Waals surface area contributed by atoms with Crippen molar-refractivity contribution in [1.29, 1.82) is 0 Å². The van der Waals surface area contributed by atoms with E-state index in [1.807, 2.05) is 21.1 Å². The average Bonchev–Trinajstić information content (AvgIpc) is 3.55. The fraction of sp³-hybridized carbons (Fsp3) is 0.960. The number of hydrogen-bond acceptors (Lipinski definition) is 7. The molecule has 500 valence electrons. The molecule has 0 heterocycles. The summed E-state index contributed by atoms with van der Waals surface area (Å²) in [5.41, 5.74) is 0. The van der Waals surface area contributed by atoms with Crippen molar-refractivity contribution in [2.24, 2.45) is 0 Å². The van der Waals surface area contributed by atoms with Crippen molar-refractivity contribution in [3.8, 4) is 0 Å². The third kappa shape index (κ3) is 67.8. The molecule has 0 spiro atoms. The van der Waals surface area contributed by atoms with Gasteiger partial charge in [0.05, 0.1) is 34.4 Å². The van der Waals surface area contributed by atoms with Crippen molar-refractivity contribution in [3.05, 3.63) is 0 Å². The van der Waals surface area contributed by atoms with Gasteiger partial charge < -0.3 is 28.5 Å². The Morgan fingerprint density at radius 3 is 0.762 bits per heavy atom. The molecule has 84 heavy (non-hydrogen) atoms. The summed E-state index contributed by atoms with van der Waals surface area (Å²) in [4.78, 5) is 37.7. The number of hydrogen-bond donors (Lipinski definition) is 1. The molecule has 0 saturated carbocycles. The second-order valence-corrected chi connectivity index (χ2v) is 27.3. The molecule has 0 radical (unpaired) electrons. The summed E-state index contributed by atoms with van der Waals surface area (Å²) in [6.45, 7) is 4.98. The van der Waals surface area contributed by atoms with E-state index >= 15 is 0 Å². The smallest absolute Gasteiger partial charge is 0.361 e. The number of carbonyl (C=O) groups excluding carboxylic acids is 2. The van der Waals surface area contributed by atoms with Gasteiger partial charge in [0.15, 0.2) is 6.10 Å². The van der Waals surface area contributed by atoms with Crippen molar-refractivity contribution in [2.75, 3.05) is 47.5 Å². The molecule has 0 saturated heterocycles. The van der Waals surface area contributed by atoms with Gasteiger partial charge in [-0.25, -0.2) is 4.79 Å². The lowest BCUT2D eigenvalue weighted by Gasteiger charge is -2.25. The zero-order valence-corrected chi connectivity index (χ0v) is 57.4. The van der Waals surface area contributed by atoms with Crippen LogP contribution in [-0.2, 0) is 33.3 Å². The minimum atomic E-state index is -1.50. The number of ether oxygens (including phenoxy) is 4. The molecule has 9 heteroatoms. The fourth-order valence-electron chi connectivity index (χ4n) is 11.8. The van der Waals surface area contributed by atoms with Gasteiger partial charge in [-0.2, -0.15) is 0 Å². The lowest BCUT2D eigenvalue weighted by Crippen LogP contribution is -2.40. The van der Waals surface area contributed by atoms with Crippen LogP contribution in [0.3, 0.4) is 0 Å². The first-order valence-electron chi connectivity index (χ1n) is 37.7. The molecule has 9 nitrogen and oxygen atoms in total.